The lowest BCUT2D eigenvalue weighted by molar-refractivity contribution is -0.135. The van der Waals surface area contributed by atoms with Crippen molar-refractivity contribution in [1.29, 1.82) is 0 Å². The highest BCUT2D eigenvalue weighted by molar-refractivity contribution is 6.05. The summed E-state index contributed by atoms with van der Waals surface area (Å²) in [5.74, 6) is 1.31. The van der Waals surface area contributed by atoms with Gasteiger partial charge in [0.1, 0.15) is 17.5 Å². The molecule has 5 rings (SSSR count). The Kier molecular flexibility index (Phi) is 4.56. The molecule has 1 aliphatic rings. The van der Waals surface area contributed by atoms with Crippen LogP contribution in [0.5, 0.6) is 11.5 Å². The first-order valence-electron chi connectivity index (χ1n) is 9.79. The molecule has 0 radical (unpaired) electrons. The second kappa shape index (κ2) is 7.52. The molecule has 4 aromatic rings. The number of hydrogen-bond acceptors (Lipinski definition) is 4. The van der Waals surface area contributed by atoms with Crippen molar-refractivity contribution < 1.29 is 14.3 Å². The zero-order valence-electron chi connectivity index (χ0n) is 16.4. The molecule has 1 fully saturated rings. The summed E-state index contributed by atoms with van der Waals surface area (Å²) in [7, 11) is 1.62. The number of benzene rings is 3. The molecule has 5 heteroatoms. The summed E-state index contributed by atoms with van der Waals surface area (Å²) in [5, 5.41) is 1.06. The number of hydrogen-bond donors (Lipinski definition) is 0. The van der Waals surface area contributed by atoms with Gasteiger partial charge in [0.05, 0.1) is 18.3 Å². The minimum Gasteiger partial charge on any atom is -0.497 e. The van der Waals surface area contributed by atoms with E-state index in [2.05, 4.69) is 0 Å². The average Bonchev–Trinajstić information content (AvgIpc) is 2.81. The van der Waals surface area contributed by atoms with Crippen LogP contribution in [0.4, 0.5) is 5.69 Å². The highest BCUT2D eigenvalue weighted by atomic mass is 16.5. The molecule has 30 heavy (non-hydrogen) atoms. The van der Waals surface area contributed by atoms with Crippen LogP contribution in [0.3, 0.4) is 0 Å². The second-order valence-corrected chi connectivity index (χ2v) is 7.13. The Morgan fingerprint density at radius 1 is 0.800 bits per heavy atom. The summed E-state index contributed by atoms with van der Waals surface area (Å²) in [6, 6.07) is 28.5. The third-order valence-corrected chi connectivity index (χ3v) is 5.33. The zero-order chi connectivity index (χ0) is 20.5. The van der Waals surface area contributed by atoms with Crippen molar-refractivity contribution in [3.05, 3.63) is 96.7 Å². The smallest absolute Gasteiger partial charge is 0.271 e. The lowest BCUT2D eigenvalue weighted by Gasteiger charge is -2.46. The summed E-state index contributed by atoms with van der Waals surface area (Å²) in [4.78, 5) is 19.7. The van der Waals surface area contributed by atoms with Crippen molar-refractivity contribution >= 4 is 22.5 Å². The first-order chi connectivity index (χ1) is 14.7. The molecule has 5 nitrogen and oxygen atoms in total. The Morgan fingerprint density at radius 3 is 2.30 bits per heavy atom. The van der Waals surface area contributed by atoms with Gasteiger partial charge in [0.2, 0.25) is 6.10 Å². The van der Waals surface area contributed by atoms with Crippen molar-refractivity contribution in [1.82, 2.24) is 4.98 Å². The van der Waals surface area contributed by atoms with Gasteiger partial charge in [0, 0.05) is 11.1 Å². The quantitative estimate of drug-likeness (QED) is 0.456. The van der Waals surface area contributed by atoms with Crippen molar-refractivity contribution in [2.75, 3.05) is 12.0 Å². The van der Waals surface area contributed by atoms with E-state index in [9.17, 15) is 4.79 Å². The van der Waals surface area contributed by atoms with Gasteiger partial charge in [0.15, 0.2) is 0 Å². The minimum atomic E-state index is -0.636. The number of ether oxygens (including phenoxy) is 2. The standard InChI is InChI=1S/C25H20N2O3/c1-29-19-14-12-18(13-15-19)27-23(22-16-11-17-7-5-6-10-21(17)26-22)24(25(27)28)30-20-8-3-2-4-9-20/h2-16,23-24H,1H3/t23-,24+/m1/s1. The van der Waals surface area contributed by atoms with Crippen molar-refractivity contribution in [3.63, 3.8) is 0 Å². The number of amides is 1. The second-order valence-electron chi connectivity index (χ2n) is 7.13. The maximum atomic E-state index is 13.1. The molecular formula is C25H20N2O3. The average molecular weight is 396 g/mol. The number of carbonyl (C=O) groups is 1. The van der Waals surface area contributed by atoms with Gasteiger partial charge >= 0.3 is 0 Å². The van der Waals surface area contributed by atoms with Crippen LogP contribution in [0, 0.1) is 0 Å². The molecule has 0 aliphatic carbocycles. The fourth-order valence-electron chi connectivity index (χ4n) is 3.79. The lowest BCUT2D eigenvalue weighted by atomic mass is 9.92. The predicted molar refractivity (Wildman–Crippen MR) is 116 cm³/mol. The van der Waals surface area contributed by atoms with E-state index in [0.29, 0.717) is 5.75 Å². The van der Waals surface area contributed by atoms with Gasteiger partial charge in [-0.05, 0) is 48.5 Å². The van der Waals surface area contributed by atoms with Gasteiger partial charge < -0.3 is 9.47 Å². The van der Waals surface area contributed by atoms with E-state index in [4.69, 9.17) is 14.5 Å². The molecule has 3 aromatic carbocycles. The van der Waals surface area contributed by atoms with Gasteiger partial charge in [-0.1, -0.05) is 42.5 Å². The fraction of sp³-hybridized carbons (Fsp3) is 0.120. The summed E-state index contributed by atoms with van der Waals surface area (Å²) in [6.07, 6.45) is -0.636. The number of pyridine rings is 1. The van der Waals surface area contributed by atoms with Gasteiger partial charge in [-0.3, -0.25) is 14.7 Å². The first-order valence-corrected chi connectivity index (χ1v) is 9.79. The van der Waals surface area contributed by atoms with Crippen LogP contribution >= 0.6 is 0 Å². The third-order valence-electron chi connectivity index (χ3n) is 5.33. The number of nitrogens with zero attached hydrogens (tertiary/aromatic N) is 2. The van der Waals surface area contributed by atoms with Crippen LogP contribution in [0.25, 0.3) is 10.9 Å². The molecule has 1 aromatic heterocycles. The zero-order valence-corrected chi connectivity index (χ0v) is 16.4. The highest BCUT2D eigenvalue weighted by Crippen LogP contribution is 2.41. The minimum absolute atomic E-state index is 0.0935. The normalized spacial score (nSPS) is 18.2. The molecule has 0 saturated carbocycles. The lowest BCUT2D eigenvalue weighted by Crippen LogP contribution is -2.61. The maximum absolute atomic E-state index is 13.1. The van der Waals surface area contributed by atoms with E-state index in [1.165, 1.54) is 0 Å². The monoisotopic (exact) mass is 396 g/mol. The van der Waals surface area contributed by atoms with E-state index >= 15 is 0 Å². The van der Waals surface area contributed by atoms with E-state index in [1.807, 2.05) is 91.0 Å². The highest BCUT2D eigenvalue weighted by Gasteiger charge is 2.51. The number of fused-ring (bicyclic) bond motifs is 1. The Hall–Kier alpha value is -3.86. The molecule has 0 unspecified atom stereocenters. The number of anilines is 1. The SMILES string of the molecule is COc1ccc(N2C(=O)[C@@H](Oc3ccccc3)[C@H]2c2ccc3ccccc3n2)cc1. The molecule has 1 aliphatic heterocycles. The van der Waals surface area contributed by atoms with Crippen molar-refractivity contribution in [2.45, 2.75) is 12.1 Å². The molecular weight excluding hydrogens is 376 g/mol. The molecule has 0 spiro atoms. The molecule has 2 atom stereocenters. The van der Waals surface area contributed by atoms with Crippen molar-refractivity contribution in [3.8, 4) is 11.5 Å². The van der Waals surface area contributed by atoms with Gasteiger partial charge in [0.25, 0.3) is 5.91 Å². The van der Waals surface area contributed by atoms with Crippen LogP contribution in [-0.2, 0) is 4.79 Å². The van der Waals surface area contributed by atoms with Crippen LogP contribution < -0.4 is 14.4 Å². The summed E-state index contributed by atoms with van der Waals surface area (Å²) >= 11 is 0. The number of methoxy groups -OCH3 is 1. The molecule has 1 amide bonds. The molecule has 2 heterocycles. The summed E-state index contributed by atoms with van der Waals surface area (Å²) < 4.78 is 11.3. The summed E-state index contributed by atoms with van der Waals surface area (Å²) in [5.41, 5.74) is 2.47. The van der Waals surface area contributed by atoms with Crippen LogP contribution in [0.15, 0.2) is 91.0 Å². The maximum Gasteiger partial charge on any atom is 0.271 e. The first kappa shape index (κ1) is 18.2. The topological polar surface area (TPSA) is 51.7 Å². The van der Waals surface area contributed by atoms with E-state index in [1.54, 1.807) is 12.0 Å². The van der Waals surface area contributed by atoms with Gasteiger partial charge in [-0.25, -0.2) is 0 Å². The van der Waals surface area contributed by atoms with Crippen LogP contribution in [0.1, 0.15) is 11.7 Å². The largest absolute Gasteiger partial charge is 0.497 e. The van der Waals surface area contributed by atoms with Crippen LogP contribution in [-0.4, -0.2) is 24.1 Å². The number of rotatable bonds is 5. The third kappa shape index (κ3) is 3.14. The predicted octanol–water partition coefficient (Wildman–Crippen LogP) is 4.78. The van der Waals surface area contributed by atoms with E-state index < -0.39 is 6.10 Å². The Bertz CT molecular complexity index is 1190. The van der Waals surface area contributed by atoms with E-state index in [0.717, 1.165) is 28.0 Å². The molecule has 0 N–H and O–H groups in total. The molecule has 1 saturated heterocycles. The van der Waals surface area contributed by atoms with Gasteiger partial charge in [-0.2, -0.15) is 0 Å². The molecule has 148 valence electrons. The number of β-lactam (4-membered cyclic amide) rings is 1. The fourth-order valence-corrected chi connectivity index (χ4v) is 3.79. The summed E-state index contributed by atoms with van der Waals surface area (Å²) in [6.45, 7) is 0. The van der Waals surface area contributed by atoms with E-state index in [-0.39, 0.29) is 11.9 Å². The Morgan fingerprint density at radius 2 is 1.53 bits per heavy atom. The Labute approximate surface area is 174 Å². The van der Waals surface area contributed by atoms with Gasteiger partial charge in [-0.15, -0.1) is 0 Å². The number of aromatic nitrogens is 1. The van der Waals surface area contributed by atoms with Crippen molar-refractivity contribution in [2.24, 2.45) is 0 Å². The van der Waals surface area contributed by atoms with Crippen LogP contribution in [0.2, 0.25) is 0 Å². The number of carbonyl (C=O) groups excluding carboxylic acids is 1. The number of para-hydroxylation sites is 2. The Balaban J connectivity index is 1.54. The molecule has 0 bridgehead atoms.